The van der Waals surface area contributed by atoms with Crippen molar-refractivity contribution >= 4 is 12.0 Å². The van der Waals surface area contributed by atoms with Gasteiger partial charge in [-0.25, -0.2) is 4.79 Å². The molecule has 0 unspecified atom stereocenters. The quantitative estimate of drug-likeness (QED) is 0.397. The third kappa shape index (κ3) is 10.3. The number of fused-ring (bicyclic) bond motifs is 18. The van der Waals surface area contributed by atoms with E-state index in [4.69, 9.17) is 4.74 Å². The van der Waals surface area contributed by atoms with Crippen molar-refractivity contribution in [2.24, 2.45) is 0 Å². The van der Waals surface area contributed by atoms with Crippen molar-refractivity contribution in [1.82, 2.24) is 9.80 Å². The van der Waals surface area contributed by atoms with E-state index in [1.54, 1.807) is 4.90 Å². The van der Waals surface area contributed by atoms with Crippen LogP contribution < -0.4 is 0 Å². The van der Waals surface area contributed by atoms with Crippen LogP contribution in [0.2, 0.25) is 0 Å². The molecule has 3 saturated heterocycles. The van der Waals surface area contributed by atoms with Crippen LogP contribution in [0, 0.1) is 0 Å². The first kappa shape index (κ1) is 26.0. The molecule has 180 valence electrons. The molecule has 0 saturated carbocycles. The van der Waals surface area contributed by atoms with Crippen LogP contribution in [0.1, 0.15) is 124 Å². The number of nitrogens with zero attached hydrogens (tertiary/aromatic N) is 2. The van der Waals surface area contributed by atoms with Crippen molar-refractivity contribution in [3.8, 4) is 0 Å². The molecule has 5 nitrogen and oxygen atoms in total. The maximum atomic E-state index is 12.8. The van der Waals surface area contributed by atoms with Gasteiger partial charge in [-0.15, -0.1) is 0 Å². The summed E-state index contributed by atoms with van der Waals surface area (Å²) in [6.07, 6.45) is 20.1. The lowest BCUT2D eigenvalue weighted by molar-refractivity contribution is -0.150. The Balaban J connectivity index is 1.85. The van der Waals surface area contributed by atoms with Crippen LogP contribution in [0.5, 0.6) is 0 Å². The summed E-state index contributed by atoms with van der Waals surface area (Å²) in [7, 11) is 0. The number of carbonyl (C=O) groups is 2. The van der Waals surface area contributed by atoms with Crippen LogP contribution in [0.3, 0.4) is 0 Å². The van der Waals surface area contributed by atoms with Crippen molar-refractivity contribution in [2.75, 3.05) is 19.6 Å². The molecule has 31 heavy (non-hydrogen) atoms. The minimum absolute atomic E-state index is 0.105. The van der Waals surface area contributed by atoms with Gasteiger partial charge >= 0.3 is 6.09 Å². The van der Waals surface area contributed by atoms with E-state index < -0.39 is 5.60 Å². The number of hydrogen-bond donors (Lipinski definition) is 0. The van der Waals surface area contributed by atoms with Crippen LogP contribution in [0.4, 0.5) is 4.79 Å². The summed E-state index contributed by atoms with van der Waals surface area (Å²) in [6.45, 7) is 7.78. The van der Waals surface area contributed by atoms with E-state index in [1.807, 2.05) is 25.7 Å². The zero-order valence-electron chi connectivity index (χ0n) is 20.6. The molecule has 0 aromatic rings. The Kier molecular flexibility index (Phi) is 11.7. The summed E-state index contributed by atoms with van der Waals surface area (Å²) >= 11 is 0. The van der Waals surface area contributed by atoms with Crippen LogP contribution in [-0.4, -0.2) is 53.1 Å². The second-order valence-electron chi connectivity index (χ2n) is 10.6. The zero-order valence-corrected chi connectivity index (χ0v) is 20.6. The molecule has 3 rings (SSSR count). The molecule has 0 aliphatic carbocycles. The SMILES string of the molecule is CC(C)(C)OC(=O)N1CCCCCCCCCCCCCCCCCCN2C[C@H]1C2=O. The van der Waals surface area contributed by atoms with Gasteiger partial charge in [0.05, 0.1) is 6.54 Å². The molecule has 0 aromatic heterocycles. The molecule has 3 heterocycles. The van der Waals surface area contributed by atoms with Gasteiger partial charge in [0.1, 0.15) is 11.6 Å². The van der Waals surface area contributed by atoms with Gasteiger partial charge in [0.25, 0.3) is 0 Å². The smallest absolute Gasteiger partial charge is 0.411 e. The summed E-state index contributed by atoms with van der Waals surface area (Å²) < 4.78 is 5.62. The predicted octanol–water partition coefficient (Wildman–Crippen LogP) is 6.69. The number of carbonyl (C=O) groups excluding carboxylic acids is 2. The fourth-order valence-corrected chi connectivity index (χ4v) is 4.66. The number of rotatable bonds is 0. The lowest BCUT2D eigenvalue weighted by Gasteiger charge is -2.44. The standard InChI is InChI=1S/C26H48N2O3/c1-26(2,3)31-25(30)28-21-19-17-15-13-11-9-7-5-4-6-8-10-12-14-16-18-20-27-22-23(28)24(27)29/h23H,4-22H2,1-3H3/t23-/m0/s1. The fourth-order valence-electron chi connectivity index (χ4n) is 4.66. The summed E-state index contributed by atoms with van der Waals surface area (Å²) in [5, 5.41) is 0. The molecule has 0 N–H and O–H groups in total. The lowest BCUT2D eigenvalue weighted by Crippen LogP contribution is -2.65. The Bertz CT molecular complexity index is 529. The molecule has 0 radical (unpaired) electrons. The van der Waals surface area contributed by atoms with E-state index in [0.717, 1.165) is 25.8 Å². The third-order valence-electron chi connectivity index (χ3n) is 6.57. The monoisotopic (exact) mass is 436 g/mol. The van der Waals surface area contributed by atoms with E-state index in [-0.39, 0.29) is 18.0 Å². The van der Waals surface area contributed by atoms with Gasteiger partial charge < -0.3 is 9.64 Å². The maximum absolute atomic E-state index is 12.8. The average Bonchev–Trinajstić information content (AvgIpc) is 2.70. The predicted molar refractivity (Wildman–Crippen MR) is 127 cm³/mol. The van der Waals surface area contributed by atoms with Crippen LogP contribution >= 0.6 is 0 Å². The summed E-state index contributed by atoms with van der Waals surface area (Å²) in [4.78, 5) is 29.2. The average molecular weight is 437 g/mol. The highest BCUT2D eigenvalue weighted by Crippen LogP contribution is 2.22. The molecule has 1 atom stereocenters. The van der Waals surface area contributed by atoms with Gasteiger partial charge in [-0.05, 0) is 33.6 Å². The van der Waals surface area contributed by atoms with E-state index in [1.165, 1.54) is 83.5 Å². The molecule has 5 heteroatoms. The highest BCUT2D eigenvalue weighted by Gasteiger charge is 2.43. The molecule has 3 fully saturated rings. The highest BCUT2D eigenvalue weighted by atomic mass is 16.6. The van der Waals surface area contributed by atoms with Crippen molar-refractivity contribution in [3.63, 3.8) is 0 Å². The van der Waals surface area contributed by atoms with Gasteiger partial charge in [-0.1, -0.05) is 89.9 Å². The molecular formula is C26H48N2O3. The normalized spacial score (nSPS) is 24.5. The fraction of sp³-hybridized carbons (Fsp3) is 0.923. The van der Waals surface area contributed by atoms with E-state index in [9.17, 15) is 9.59 Å². The van der Waals surface area contributed by atoms with Crippen LogP contribution in [0.15, 0.2) is 0 Å². The van der Waals surface area contributed by atoms with Crippen LogP contribution in [0.25, 0.3) is 0 Å². The number of hydrogen-bond acceptors (Lipinski definition) is 3. The first-order valence-corrected chi connectivity index (χ1v) is 13.2. The molecule has 3 aliphatic heterocycles. The van der Waals surface area contributed by atoms with Gasteiger partial charge in [-0.3, -0.25) is 9.69 Å². The zero-order chi connectivity index (χ0) is 22.5. The first-order valence-electron chi connectivity index (χ1n) is 13.2. The Labute approximate surface area is 191 Å². The third-order valence-corrected chi connectivity index (χ3v) is 6.57. The Hall–Kier alpha value is -1.26. The summed E-state index contributed by atoms with van der Waals surface area (Å²) in [6, 6.07) is -0.326. The number of amides is 2. The van der Waals surface area contributed by atoms with Crippen molar-refractivity contribution in [1.29, 1.82) is 0 Å². The van der Waals surface area contributed by atoms with Crippen molar-refractivity contribution in [3.05, 3.63) is 0 Å². The van der Waals surface area contributed by atoms with Gasteiger partial charge in [0.15, 0.2) is 0 Å². The largest absolute Gasteiger partial charge is 0.444 e. The van der Waals surface area contributed by atoms with Gasteiger partial charge in [-0.2, -0.15) is 0 Å². The minimum Gasteiger partial charge on any atom is -0.444 e. The second kappa shape index (κ2) is 14.0. The Morgan fingerprint density at radius 1 is 0.710 bits per heavy atom. The van der Waals surface area contributed by atoms with E-state index in [0.29, 0.717) is 13.1 Å². The molecular weight excluding hydrogens is 388 g/mol. The molecule has 3 aliphatic rings. The van der Waals surface area contributed by atoms with Crippen molar-refractivity contribution in [2.45, 2.75) is 135 Å². The van der Waals surface area contributed by atoms with E-state index in [2.05, 4.69) is 0 Å². The molecule has 2 bridgehead atoms. The second-order valence-corrected chi connectivity index (χ2v) is 10.6. The number of β-lactam (4-membered cyclic amide) rings is 1. The van der Waals surface area contributed by atoms with Gasteiger partial charge in [0.2, 0.25) is 5.91 Å². The van der Waals surface area contributed by atoms with Crippen LogP contribution in [-0.2, 0) is 9.53 Å². The molecule has 0 spiro atoms. The first-order chi connectivity index (χ1) is 14.9. The van der Waals surface area contributed by atoms with E-state index >= 15 is 0 Å². The highest BCUT2D eigenvalue weighted by molar-refractivity contribution is 5.91. The summed E-state index contributed by atoms with van der Waals surface area (Å²) in [5.41, 5.74) is -0.537. The lowest BCUT2D eigenvalue weighted by atomic mass is 10.0. The Morgan fingerprint density at radius 3 is 1.48 bits per heavy atom. The molecule has 0 aromatic carbocycles. The summed E-state index contributed by atoms with van der Waals surface area (Å²) in [5.74, 6) is 0.105. The Morgan fingerprint density at radius 2 is 1.10 bits per heavy atom. The number of ether oxygens (including phenoxy) is 1. The minimum atomic E-state index is -0.537. The maximum Gasteiger partial charge on any atom is 0.411 e. The van der Waals surface area contributed by atoms with Crippen molar-refractivity contribution < 1.29 is 14.3 Å². The topological polar surface area (TPSA) is 49.9 Å². The molecule has 2 amide bonds. The van der Waals surface area contributed by atoms with Gasteiger partial charge in [0, 0.05) is 13.1 Å².